The van der Waals surface area contributed by atoms with E-state index in [1.807, 2.05) is 18.2 Å². The highest BCUT2D eigenvalue weighted by Gasteiger charge is 2.19. The molecule has 0 unspecified atom stereocenters. The fraction of sp³-hybridized carbons (Fsp3) is 0.316. The van der Waals surface area contributed by atoms with Gasteiger partial charge in [-0.15, -0.1) is 0 Å². The van der Waals surface area contributed by atoms with Gasteiger partial charge in [-0.2, -0.15) is 0 Å². The number of imidazole rings is 1. The summed E-state index contributed by atoms with van der Waals surface area (Å²) in [6.07, 6.45) is 2.11. The lowest BCUT2D eigenvalue weighted by molar-refractivity contribution is 0.246. The average molecular weight is 341 g/mol. The quantitative estimate of drug-likeness (QED) is 0.727. The van der Waals surface area contributed by atoms with Crippen LogP contribution in [0.5, 0.6) is 0 Å². The first-order valence-electron chi connectivity index (χ1n) is 8.36. The van der Waals surface area contributed by atoms with Crippen LogP contribution in [0, 0.1) is 6.92 Å². The summed E-state index contributed by atoms with van der Waals surface area (Å²) in [4.78, 5) is 9.60. The molecule has 0 aliphatic carbocycles. The van der Waals surface area contributed by atoms with Gasteiger partial charge in [-0.3, -0.25) is 4.90 Å². The van der Waals surface area contributed by atoms with Crippen molar-refractivity contribution in [1.29, 1.82) is 0 Å². The normalized spacial score (nSPS) is 16.0. The summed E-state index contributed by atoms with van der Waals surface area (Å²) in [5.74, 6) is 0. The lowest BCUT2D eigenvalue weighted by Gasteiger charge is -2.36. The topological polar surface area (TPSA) is 23.8 Å². The zero-order valence-electron chi connectivity index (χ0n) is 13.8. The van der Waals surface area contributed by atoms with Crippen molar-refractivity contribution in [3.8, 4) is 0 Å². The Balaban J connectivity index is 1.44. The minimum Gasteiger partial charge on any atom is -0.369 e. The Morgan fingerprint density at radius 2 is 1.75 bits per heavy atom. The molecule has 4 nitrogen and oxygen atoms in total. The van der Waals surface area contributed by atoms with E-state index in [-0.39, 0.29) is 0 Å². The molecule has 0 N–H and O–H groups in total. The Labute approximate surface area is 147 Å². The summed E-state index contributed by atoms with van der Waals surface area (Å²) in [6, 6.07) is 14.3. The molecule has 124 valence electrons. The number of hydrogen-bond acceptors (Lipinski definition) is 3. The highest BCUT2D eigenvalue weighted by atomic mass is 35.5. The van der Waals surface area contributed by atoms with E-state index in [2.05, 4.69) is 56.6 Å². The summed E-state index contributed by atoms with van der Waals surface area (Å²) in [5.41, 5.74) is 4.71. The Bertz CT molecular complexity index is 832. The van der Waals surface area contributed by atoms with Crippen LogP contribution in [0.2, 0.25) is 5.02 Å². The van der Waals surface area contributed by atoms with E-state index in [9.17, 15) is 0 Å². The zero-order chi connectivity index (χ0) is 16.5. The molecule has 4 rings (SSSR count). The van der Waals surface area contributed by atoms with Gasteiger partial charge in [-0.25, -0.2) is 4.98 Å². The predicted molar refractivity (Wildman–Crippen MR) is 98.9 cm³/mol. The molecular formula is C19H21ClN4. The number of fused-ring (bicyclic) bond motifs is 1. The van der Waals surface area contributed by atoms with Crippen LogP contribution in [-0.2, 0) is 6.54 Å². The molecular weight excluding hydrogens is 320 g/mol. The van der Waals surface area contributed by atoms with Gasteiger partial charge in [0.25, 0.3) is 0 Å². The molecule has 0 spiro atoms. The summed E-state index contributed by atoms with van der Waals surface area (Å²) in [7, 11) is 0. The smallest absolute Gasteiger partial charge is 0.137 e. The van der Waals surface area contributed by atoms with Crippen LogP contribution in [0.15, 0.2) is 48.7 Å². The van der Waals surface area contributed by atoms with Crippen molar-refractivity contribution in [1.82, 2.24) is 14.3 Å². The third-order valence-electron chi connectivity index (χ3n) is 4.77. The van der Waals surface area contributed by atoms with E-state index >= 15 is 0 Å². The Morgan fingerprint density at radius 3 is 2.50 bits per heavy atom. The predicted octanol–water partition coefficient (Wildman–Crippen LogP) is 3.62. The molecule has 2 aromatic heterocycles. The van der Waals surface area contributed by atoms with E-state index in [1.165, 1.54) is 11.4 Å². The van der Waals surface area contributed by atoms with Crippen molar-refractivity contribution >= 4 is 22.9 Å². The Kier molecular flexibility index (Phi) is 4.17. The zero-order valence-corrected chi connectivity index (χ0v) is 14.6. The minimum absolute atomic E-state index is 0.792. The molecule has 0 amide bonds. The molecule has 0 bridgehead atoms. The maximum absolute atomic E-state index is 5.98. The van der Waals surface area contributed by atoms with Crippen LogP contribution < -0.4 is 4.90 Å². The molecule has 1 aromatic carbocycles. The molecule has 0 saturated carbocycles. The lowest BCUT2D eigenvalue weighted by atomic mass is 10.2. The first kappa shape index (κ1) is 15.5. The van der Waals surface area contributed by atoms with E-state index in [4.69, 9.17) is 11.6 Å². The highest BCUT2D eigenvalue weighted by Crippen LogP contribution is 2.21. The number of hydrogen-bond donors (Lipinski definition) is 0. The maximum atomic E-state index is 5.98. The van der Waals surface area contributed by atoms with Crippen molar-refractivity contribution < 1.29 is 0 Å². The number of benzene rings is 1. The highest BCUT2D eigenvalue weighted by molar-refractivity contribution is 6.30. The molecule has 1 fully saturated rings. The van der Waals surface area contributed by atoms with Gasteiger partial charge in [0.2, 0.25) is 0 Å². The molecule has 3 aromatic rings. The number of pyridine rings is 1. The molecule has 1 saturated heterocycles. The lowest BCUT2D eigenvalue weighted by Crippen LogP contribution is -2.46. The second-order valence-corrected chi connectivity index (χ2v) is 6.75. The minimum atomic E-state index is 0.792. The second kappa shape index (κ2) is 6.46. The number of nitrogens with zero attached hydrogens (tertiary/aromatic N) is 4. The Morgan fingerprint density at radius 1 is 1.00 bits per heavy atom. The number of aryl methyl sites for hydroxylation is 1. The largest absolute Gasteiger partial charge is 0.369 e. The third kappa shape index (κ3) is 2.99. The van der Waals surface area contributed by atoms with Crippen LogP contribution in [-0.4, -0.2) is 40.5 Å². The standard InChI is InChI=1S/C19H21ClN4/c1-15-18(24-9-3-2-4-19(24)21-15)14-22-10-12-23(13-11-22)17-7-5-16(20)6-8-17/h2-9H,10-14H2,1H3. The van der Waals surface area contributed by atoms with Crippen molar-refractivity contribution in [3.05, 3.63) is 65.1 Å². The second-order valence-electron chi connectivity index (χ2n) is 6.31. The molecule has 1 aliphatic rings. The van der Waals surface area contributed by atoms with Gasteiger partial charge in [-0.05, 0) is 43.3 Å². The molecule has 5 heteroatoms. The van der Waals surface area contributed by atoms with Gasteiger partial charge in [0.1, 0.15) is 5.65 Å². The van der Waals surface area contributed by atoms with Gasteiger partial charge >= 0.3 is 0 Å². The van der Waals surface area contributed by atoms with Gasteiger partial charge in [-0.1, -0.05) is 17.7 Å². The van der Waals surface area contributed by atoms with Crippen molar-refractivity contribution in [2.45, 2.75) is 13.5 Å². The summed E-state index contributed by atoms with van der Waals surface area (Å²) in [6.45, 7) is 7.25. The summed E-state index contributed by atoms with van der Waals surface area (Å²) < 4.78 is 2.21. The number of piperazine rings is 1. The van der Waals surface area contributed by atoms with Crippen molar-refractivity contribution in [2.24, 2.45) is 0 Å². The van der Waals surface area contributed by atoms with Crippen LogP contribution in [0.4, 0.5) is 5.69 Å². The van der Waals surface area contributed by atoms with Gasteiger partial charge in [0.05, 0.1) is 11.4 Å². The van der Waals surface area contributed by atoms with E-state index in [0.717, 1.165) is 49.1 Å². The van der Waals surface area contributed by atoms with E-state index < -0.39 is 0 Å². The van der Waals surface area contributed by atoms with Gasteiger partial charge < -0.3 is 9.30 Å². The van der Waals surface area contributed by atoms with Crippen molar-refractivity contribution in [2.75, 3.05) is 31.1 Å². The first-order chi connectivity index (χ1) is 11.7. The fourth-order valence-corrected chi connectivity index (χ4v) is 3.51. The summed E-state index contributed by atoms with van der Waals surface area (Å²) >= 11 is 5.98. The van der Waals surface area contributed by atoms with Crippen LogP contribution in [0.1, 0.15) is 11.4 Å². The average Bonchev–Trinajstić information content (AvgIpc) is 2.92. The number of aromatic nitrogens is 2. The van der Waals surface area contributed by atoms with Crippen molar-refractivity contribution in [3.63, 3.8) is 0 Å². The van der Waals surface area contributed by atoms with Crippen LogP contribution >= 0.6 is 11.6 Å². The van der Waals surface area contributed by atoms with Gasteiger partial charge in [0.15, 0.2) is 0 Å². The fourth-order valence-electron chi connectivity index (χ4n) is 3.38. The molecule has 24 heavy (non-hydrogen) atoms. The van der Waals surface area contributed by atoms with Crippen LogP contribution in [0.3, 0.4) is 0 Å². The van der Waals surface area contributed by atoms with E-state index in [0.29, 0.717) is 0 Å². The summed E-state index contributed by atoms with van der Waals surface area (Å²) in [5, 5.41) is 0.792. The SMILES string of the molecule is Cc1nc2ccccn2c1CN1CCN(c2ccc(Cl)cc2)CC1. The molecule has 1 aliphatic heterocycles. The molecule has 0 radical (unpaired) electrons. The molecule has 3 heterocycles. The Hall–Kier alpha value is -2.04. The number of halogens is 1. The first-order valence-corrected chi connectivity index (χ1v) is 8.74. The van der Waals surface area contributed by atoms with E-state index in [1.54, 1.807) is 0 Å². The monoisotopic (exact) mass is 340 g/mol. The number of rotatable bonds is 3. The van der Waals surface area contributed by atoms with Gasteiger partial charge in [0, 0.05) is 49.6 Å². The molecule has 0 atom stereocenters. The van der Waals surface area contributed by atoms with Crippen LogP contribution in [0.25, 0.3) is 5.65 Å². The number of anilines is 1. The maximum Gasteiger partial charge on any atom is 0.137 e. The third-order valence-corrected chi connectivity index (χ3v) is 5.02.